The molecule has 4 aliphatic rings. The molecule has 0 spiro atoms. The van der Waals surface area contributed by atoms with E-state index in [1.807, 2.05) is 5.57 Å². The number of hydrogen-bond acceptors (Lipinski definition) is 1. The predicted molar refractivity (Wildman–Crippen MR) is 96.1 cm³/mol. The fourth-order valence-electron chi connectivity index (χ4n) is 7.59. The van der Waals surface area contributed by atoms with Gasteiger partial charge < -0.3 is 5.11 Å². The Hall–Kier alpha value is -0.300. The number of aliphatic hydroxyl groups excluding tert-OH is 1. The monoisotopic (exact) mass is 316 g/mol. The first-order valence-electron chi connectivity index (χ1n) is 10.4. The van der Waals surface area contributed by atoms with Crippen LogP contribution in [0.2, 0.25) is 0 Å². The molecule has 1 N–H and O–H groups in total. The molecule has 0 aromatic rings. The summed E-state index contributed by atoms with van der Waals surface area (Å²) in [5, 5.41) is 10.6. The Morgan fingerprint density at radius 2 is 1.96 bits per heavy atom. The van der Waals surface area contributed by atoms with Crippen molar-refractivity contribution in [3.8, 4) is 0 Å². The Bertz CT molecular complexity index is 494. The van der Waals surface area contributed by atoms with Gasteiger partial charge in [0.15, 0.2) is 0 Å². The number of fused-ring (bicyclic) bond motifs is 5. The van der Waals surface area contributed by atoms with E-state index in [9.17, 15) is 5.11 Å². The van der Waals surface area contributed by atoms with Crippen LogP contribution in [0.4, 0.5) is 0 Å². The average Bonchev–Trinajstić information content (AvgIpc) is 2.83. The molecule has 23 heavy (non-hydrogen) atoms. The van der Waals surface area contributed by atoms with Gasteiger partial charge in [-0.15, -0.1) is 0 Å². The third-order valence-electron chi connectivity index (χ3n) is 8.76. The van der Waals surface area contributed by atoms with Gasteiger partial charge >= 0.3 is 0 Å². The van der Waals surface area contributed by atoms with Crippen LogP contribution in [0.1, 0.15) is 85.0 Å². The van der Waals surface area contributed by atoms with Crippen LogP contribution >= 0.6 is 0 Å². The molecule has 0 radical (unpaired) electrons. The maximum absolute atomic E-state index is 10.6. The highest BCUT2D eigenvalue weighted by atomic mass is 16.3. The summed E-state index contributed by atoms with van der Waals surface area (Å²) in [6.07, 6.45) is 15.9. The topological polar surface area (TPSA) is 20.2 Å². The van der Waals surface area contributed by atoms with Gasteiger partial charge in [-0.3, -0.25) is 0 Å². The lowest BCUT2D eigenvalue weighted by Crippen LogP contribution is -2.52. The largest absolute Gasteiger partial charge is 0.393 e. The standard InChI is InChI=1S/C22H36O/c1-4-7-15-14-16-18-9-10-20(23)22(18,3)13-11-19(16)21(2)12-6-5-8-17(15)21/h8,15-16,18-20,23H,4-7,9-14H2,1-3H3/t15-,16+,18+,19+,20+,21+,22+/m1/s1. The summed E-state index contributed by atoms with van der Waals surface area (Å²) in [7, 11) is 0. The summed E-state index contributed by atoms with van der Waals surface area (Å²) in [4.78, 5) is 0. The number of allylic oxidation sites excluding steroid dienone is 2. The molecule has 0 unspecified atom stereocenters. The lowest BCUT2D eigenvalue weighted by atomic mass is 9.45. The van der Waals surface area contributed by atoms with Crippen molar-refractivity contribution in [1.29, 1.82) is 0 Å². The van der Waals surface area contributed by atoms with Gasteiger partial charge in [0.2, 0.25) is 0 Å². The van der Waals surface area contributed by atoms with Gasteiger partial charge in [-0.1, -0.05) is 38.8 Å². The fourth-order valence-corrected chi connectivity index (χ4v) is 7.59. The summed E-state index contributed by atoms with van der Waals surface area (Å²) >= 11 is 0. The van der Waals surface area contributed by atoms with Crippen molar-refractivity contribution in [2.24, 2.45) is 34.5 Å². The van der Waals surface area contributed by atoms with E-state index in [0.717, 1.165) is 30.1 Å². The fraction of sp³-hybridized carbons (Fsp3) is 0.909. The van der Waals surface area contributed by atoms with Crippen LogP contribution in [0, 0.1) is 34.5 Å². The second kappa shape index (κ2) is 5.61. The van der Waals surface area contributed by atoms with Crippen molar-refractivity contribution < 1.29 is 5.11 Å². The molecule has 1 heteroatoms. The molecule has 3 fully saturated rings. The minimum atomic E-state index is -0.0332. The van der Waals surface area contributed by atoms with Crippen molar-refractivity contribution in [3.63, 3.8) is 0 Å². The normalized spacial score (nSPS) is 52.3. The molecule has 4 aliphatic carbocycles. The van der Waals surface area contributed by atoms with Crippen molar-refractivity contribution in [2.75, 3.05) is 0 Å². The zero-order valence-corrected chi connectivity index (χ0v) is 15.5. The van der Waals surface area contributed by atoms with Gasteiger partial charge in [0.25, 0.3) is 0 Å². The highest BCUT2D eigenvalue weighted by Crippen LogP contribution is 2.66. The van der Waals surface area contributed by atoms with E-state index in [0.29, 0.717) is 5.41 Å². The summed E-state index contributed by atoms with van der Waals surface area (Å²) in [5.41, 5.74) is 2.56. The lowest BCUT2D eigenvalue weighted by Gasteiger charge is -2.60. The van der Waals surface area contributed by atoms with Crippen LogP contribution in [0.15, 0.2) is 11.6 Å². The van der Waals surface area contributed by atoms with Gasteiger partial charge in [0.05, 0.1) is 6.10 Å². The second-order valence-corrected chi connectivity index (χ2v) is 9.70. The molecular formula is C22H36O. The maximum Gasteiger partial charge on any atom is 0.0596 e. The number of rotatable bonds is 2. The van der Waals surface area contributed by atoms with Crippen molar-refractivity contribution in [1.82, 2.24) is 0 Å². The van der Waals surface area contributed by atoms with E-state index < -0.39 is 0 Å². The Morgan fingerprint density at radius 1 is 1.13 bits per heavy atom. The van der Waals surface area contributed by atoms with Crippen LogP contribution in [0.25, 0.3) is 0 Å². The second-order valence-electron chi connectivity index (χ2n) is 9.70. The first-order valence-corrected chi connectivity index (χ1v) is 10.4. The van der Waals surface area contributed by atoms with Gasteiger partial charge in [-0.25, -0.2) is 0 Å². The van der Waals surface area contributed by atoms with Crippen LogP contribution < -0.4 is 0 Å². The van der Waals surface area contributed by atoms with E-state index in [1.165, 1.54) is 57.8 Å². The highest BCUT2D eigenvalue weighted by Gasteiger charge is 2.59. The minimum Gasteiger partial charge on any atom is -0.393 e. The Balaban J connectivity index is 1.71. The first kappa shape index (κ1) is 16.2. The summed E-state index contributed by atoms with van der Waals surface area (Å²) in [5.74, 6) is 3.40. The van der Waals surface area contributed by atoms with E-state index in [-0.39, 0.29) is 11.5 Å². The molecule has 0 amide bonds. The number of aliphatic hydroxyl groups is 1. The van der Waals surface area contributed by atoms with Crippen molar-refractivity contribution in [2.45, 2.75) is 91.1 Å². The highest BCUT2D eigenvalue weighted by molar-refractivity contribution is 5.26. The zero-order valence-electron chi connectivity index (χ0n) is 15.5. The number of hydrogen-bond donors (Lipinski definition) is 1. The molecule has 4 rings (SSSR count). The quantitative estimate of drug-likeness (QED) is 0.645. The van der Waals surface area contributed by atoms with Gasteiger partial charge in [-0.2, -0.15) is 0 Å². The molecule has 0 saturated heterocycles. The van der Waals surface area contributed by atoms with E-state index in [4.69, 9.17) is 0 Å². The summed E-state index contributed by atoms with van der Waals surface area (Å²) < 4.78 is 0. The molecule has 0 aromatic heterocycles. The molecule has 0 heterocycles. The smallest absolute Gasteiger partial charge is 0.0596 e. The summed E-state index contributed by atoms with van der Waals surface area (Å²) in [6.45, 7) is 7.39. The van der Waals surface area contributed by atoms with Gasteiger partial charge in [0.1, 0.15) is 0 Å². The molecule has 0 aromatic carbocycles. The minimum absolute atomic E-state index is 0.0332. The summed E-state index contributed by atoms with van der Waals surface area (Å²) in [6, 6.07) is 0. The molecule has 1 nitrogen and oxygen atoms in total. The van der Waals surface area contributed by atoms with Crippen LogP contribution in [-0.4, -0.2) is 11.2 Å². The molecule has 130 valence electrons. The molecule has 3 saturated carbocycles. The molecule has 7 atom stereocenters. The first-order chi connectivity index (χ1) is 11.0. The Morgan fingerprint density at radius 3 is 2.74 bits per heavy atom. The van der Waals surface area contributed by atoms with Crippen molar-refractivity contribution in [3.05, 3.63) is 11.6 Å². The molecular weight excluding hydrogens is 280 g/mol. The third kappa shape index (κ3) is 2.21. The van der Waals surface area contributed by atoms with Crippen LogP contribution in [-0.2, 0) is 0 Å². The molecule has 0 bridgehead atoms. The Labute approximate surface area is 142 Å². The third-order valence-corrected chi connectivity index (χ3v) is 8.76. The average molecular weight is 317 g/mol. The van der Waals surface area contributed by atoms with Crippen LogP contribution in [0.5, 0.6) is 0 Å². The van der Waals surface area contributed by atoms with E-state index in [2.05, 4.69) is 26.8 Å². The van der Waals surface area contributed by atoms with Crippen molar-refractivity contribution >= 4 is 0 Å². The van der Waals surface area contributed by atoms with E-state index >= 15 is 0 Å². The SMILES string of the molecule is CCC[C@@H]1C[C@H]2[C@@H]3CC[C@H](O)[C@@]3(C)CC[C@@H]2[C@@]2(C)CCCC=C12. The predicted octanol–water partition coefficient (Wildman–Crippen LogP) is 5.73. The maximum atomic E-state index is 10.6. The van der Waals surface area contributed by atoms with Gasteiger partial charge in [0, 0.05) is 0 Å². The lowest BCUT2D eigenvalue weighted by molar-refractivity contribution is -0.0831. The van der Waals surface area contributed by atoms with Crippen LogP contribution in [0.3, 0.4) is 0 Å². The van der Waals surface area contributed by atoms with E-state index in [1.54, 1.807) is 0 Å². The Kier molecular flexibility index (Phi) is 3.95. The molecule has 0 aliphatic heterocycles. The van der Waals surface area contributed by atoms with Gasteiger partial charge in [-0.05, 0) is 92.3 Å². The zero-order chi connectivity index (χ0) is 16.2.